The van der Waals surface area contributed by atoms with Crippen LogP contribution in [0.4, 0.5) is 0 Å². The van der Waals surface area contributed by atoms with Gasteiger partial charge in [-0.05, 0) is 33.2 Å². The summed E-state index contributed by atoms with van der Waals surface area (Å²) in [5, 5.41) is 8.90. The van der Waals surface area contributed by atoms with Crippen molar-refractivity contribution in [3.05, 3.63) is 0 Å². The van der Waals surface area contributed by atoms with Crippen LogP contribution in [0.15, 0.2) is 0 Å². The fourth-order valence-electron chi connectivity index (χ4n) is 1.82. The number of nitrogens with zero attached hydrogens (tertiary/aromatic N) is 1. The van der Waals surface area contributed by atoms with E-state index in [9.17, 15) is 4.79 Å². The lowest BCUT2D eigenvalue weighted by molar-refractivity contribution is -0.143. The zero-order valence-electron chi connectivity index (χ0n) is 10.1. The number of nitrogens with two attached hydrogens (primary N) is 1. The highest BCUT2D eigenvalue weighted by Crippen LogP contribution is 2.15. The maximum atomic E-state index is 10.8. The van der Waals surface area contributed by atoms with Crippen LogP contribution in [0.2, 0.25) is 0 Å². The first-order valence-electron chi connectivity index (χ1n) is 5.74. The number of hydrogen-bond donors (Lipinski definition) is 2. The quantitative estimate of drug-likeness (QED) is 0.710. The van der Waals surface area contributed by atoms with Crippen molar-refractivity contribution in [1.82, 2.24) is 4.90 Å². The van der Waals surface area contributed by atoms with Gasteiger partial charge in [0.25, 0.3) is 0 Å². The lowest BCUT2D eigenvalue weighted by atomic mass is 9.98. The van der Waals surface area contributed by atoms with E-state index >= 15 is 0 Å². The van der Waals surface area contributed by atoms with Crippen LogP contribution in [0.3, 0.4) is 0 Å². The van der Waals surface area contributed by atoms with E-state index in [2.05, 4.69) is 4.90 Å². The SMILES string of the molecule is CN(CCC(C)(N)C(=O)O)C1CCOCC1. The van der Waals surface area contributed by atoms with E-state index in [1.165, 1.54) is 0 Å². The molecule has 0 amide bonds. The molecule has 1 aliphatic rings. The van der Waals surface area contributed by atoms with E-state index in [1.54, 1.807) is 6.92 Å². The van der Waals surface area contributed by atoms with Crippen LogP contribution in [0.5, 0.6) is 0 Å². The number of rotatable bonds is 5. The summed E-state index contributed by atoms with van der Waals surface area (Å²) in [5.41, 5.74) is 4.56. The fourth-order valence-corrected chi connectivity index (χ4v) is 1.82. The van der Waals surface area contributed by atoms with Crippen molar-refractivity contribution in [2.75, 3.05) is 26.8 Å². The van der Waals surface area contributed by atoms with E-state index in [0.717, 1.165) is 26.1 Å². The highest BCUT2D eigenvalue weighted by molar-refractivity contribution is 5.77. The van der Waals surface area contributed by atoms with Crippen LogP contribution in [-0.4, -0.2) is 54.4 Å². The van der Waals surface area contributed by atoms with Crippen molar-refractivity contribution >= 4 is 5.97 Å². The first-order valence-corrected chi connectivity index (χ1v) is 5.74. The predicted octanol–water partition coefficient (Wildman–Crippen LogP) is 0.289. The number of ether oxygens (including phenoxy) is 1. The smallest absolute Gasteiger partial charge is 0.323 e. The van der Waals surface area contributed by atoms with Crippen molar-refractivity contribution in [3.8, 4) is 0 Å². The molecule has 5 nitrogen and oxygen atoms in total. The van der Waals surface area contributed by atoms with Gasteiger partial charge in [-0.1, -0.05) is 0 Å². The van der Waals surface area contributed by atoms with Crippen molar-refractivity contribution in [2.24, 2.45) is 5.73 Å². The number of carbonyl (C=O) groups is 1. The van der Waals surface area contributed by atoms with Gasteiger partial charge in [-0.2, -0.15) is 0 Å². The van der Waals surface area contributed by atoms with Gasteiger partial charge < -0.3 is 20.5 Å². The summed E-state index contributed by atoms with van der Waals surface area (Å²) in [7, 11) is 2.02. The molecule has 1 heterocycles. The Balaban J connectivity index is 2.33. The summed E-state index contributed by atoms with van der Waals surface area (Å²) < 4.78 is 5.29. The van der Waals surface area contributed by atoms with Crippen LogP contribution in [0, 0.1) is 0 Å². The van der Waals surface area contributed by atoms with Crippen LogP contribution < -0.4 is 5.73 Å². The molecule has 0 radical (unpaired) electrons. The zero-order chi connectivity index (χ0) is 12.2. The molecule has 0 aromatic carbocycles. The third-order valence-corrected chi connectivity index (χ3v) is 3.29. The maximum absolute atomic E-state index is 10.8. The van der Waals surface area contributed by atoms with Gasteiger partial charge in [-0.15, -0.1) is 0 Å². The molecule has 5 heteroatoms. The first-order chi connectivity index (χ1) is 7.43. The first kappa shape index (κ1) is 13.4. The normalized spacial score (nSPS) is 22.0. The molecular weight excluding hydrogens is 208 g/mol. The minimum absolute atomic E-state index is 0.468. The van der Waals surface area contributed by atoms with Crippen molar-refractivity contribution in [2.45, 2.75) is 37.8 Å². The molecule has 1 unspecified atom stereocenters. The van der Waals surface area contributed by atoms with E-state index in [0.29, 0.717) is 19.0 Å². The third kappa shape index (κ3) is 3.73. The van der Waals surface area contributed by atoms with Crippen LogP contribution >= 0.6 is 0 Å². The number of carboxylic acid groups (broad SMARTS) is 1. The highest BCUT2D eigenvalue weighted by atomic mass is 16.5. The molecule has 3 N–H and O–H groups in total. The van der Waals surface area contributed by atoms with Crippen LogP contribution in [0.25, 0.3) is 0 Å². The van der Waals surface area contributed by atoms with Gasteiger partial charge in [0.15, 0.2) is 0 Å². The Morgan fingerprint density at radius 3 is 2.62 bits per heavy atom. The molecule has 94 valence electrons. The molecule has 0 spiro atoms. The topological polar surface area (TPSA) is 75.8 Å². The summed E-state index contributed by atoms with van der Waals surface area (Å²) in [4.78, 5) is 13.0. The van der Waals surface area contributed by atoms with Crippen LogP contribution in [0.1, 0.15) is 26.2 Å². The van der Waals surface area contributed by atoms with Crippen molar-refractivity contribution in [3.63, 3.8) is 0 Å². The van der Waals surface area contributed by atoms with E-state index in [-0.39, 0.29) is 0 Å². The largest absolute Gasteiger partial charge is 0.480 e. The summed E-state index contributed by atoms with van der Waals surface area (Å²) in [5.74, 6) is -0.937. The standard InChI is InChI=1S/C11H22N2O3/c1-11(12,10(14)15)5-6-13(2)9-3-7-16-8-4-9/h9H,3-8,12H2,1-2H3,(H,14,15). The number of aliphatic carboxylic acids is 1. The minimum atomic E-state index is -1.13. The van der Waals surface area contributed by atoms with Crippen molar-refractivity contribution < 1.29 is 14.6 Å². The Kier molecular flexibility index (Phi) is 4.70. The summed E-state index contributed by atoms with van der Waals surface area (Å²) in [6, 6.07) is 0.498. The second-order valence-electron chi connectivity index (χ2n) is 4.80. The second-order valence-corrected chi connectivity index (χ2v) is 4.80. The van der Waals surface area contributed by atoms with Gasteiger partial charge in [0.1, 0.15) is 5.54 Å². The second kappa shape index (κ2) is 5.61. The molecule has 0 aromatic heterocycles. The molecule has 0 bridgehead atoms. The molecule has 1 saturated heterocycles. The van der Waals surface area contributed by atoms with Gasteiger partial charge >= 0.3 is 5.97 Å². The summed E-state index contributed by atoms with van der Waals surface area (Å²) in [6.07, 6.45) is 2.51. The Bertz CT molecular complexity index is 237. The van der Waals surface area contributed by atoms with Crippen molar-refractivity contribution in [1.29, 1.82) is 0 Å². The molecule has 1 fully saturated rings. The Morgan fingerprint density at radius 2 is 2.12 bits per heavy atom. The van der Waals surface area contributed by atoms with Gasteiger partial charge in [-0.3, -0.25) is 4.79 Å². The Hall–Kier alpha value is -0.650. The number of hydrogen-bond acceptors (Lipinski definition) is 4. The Morgan fingerprint density at radius 1 is 1.56 bits per heavy atom. The molecule has 0 aliphatic carbocycles. The molecule has 1 aliphatic heterocycles. The summed E-state index contributed by atoms with van der Waals surface area (Å²) >= 11 is 0. The zero-order valence-corrected chi connectivity index (χ0v) is 10.1. The maximum Gasteiger partial charge on any atom is 0.323 e. The highest BCUT2D eigenvalue weighted by Gasteiger charge is 2.29. The molecule has 0 aromatic rings. The van der Waals surface area contributed by atoms with Gasteiger partial charge in [0.05, 0.1) is 0 Å². The van der Waals surface area contributed by atoms with Gasteiger partial charge in [0, 0.05) is 25.8 Å². The lowest BCUT2D eigenvalue weighted by Crippen LogP contribution is -2.48. The lowest BCUT2D eigenvalue weighted by Gasteiger charge is -2.32. The van der Waals surface area contributed by atoms with Gasteiger partial charge in [0.2, 0.25) is 0 Å². The summed E-state index contributed by atoms with van der Waals surface area (Å²) in [6.45, 7) is 3.87. The average Bonchev–Trinajstić information content (AvgIpc) is 2.27. The predicted molar refractivity (Wildman–Crippen MR) is 61.3 cm³/mol. The minimum Gasteiger partial charge on any atom is -0.480 e. The van der Waals surface area contributed by atoms with E-state index in [4.69, 9.17) is 15.6 Å². The average molecular weight is 230 g/mol. The van der Waals surface area contributed by atoms with Crippen LogP contribution in [-0.2, 0) is 9.53 Å². The van der Waals surface area contributed by atoms with E-state index < -0.39 is 11.5 Å². The third-order valence-electron chi connectivity index (χ3n) is 3.29. The molecular formula is C11H22N2O3. The molecule has 1 rings (SSSR count). The monoisotopic (exact) mass is 230 g/mol. The number of carboxylic acids is 1. The Labute approximate surface area is 96.6 Å². The molecule has 16 heavy (non-hydrogen) atoms. The van der Waals surface area contributed by atoms with E-state index in [1.807, 2.05) is 7.05 Å². The molecule has 1 atom stereocenters. The van der Waals surface area contributed by atoms with Gasteiger partial charge in [-0.25, -0.2) is 0 Å². The molecule has 0 saturated carbocycles. The fraction of sp³-hybridized carbons (Fsp3) is 0.909.